The SMILES string of the molecule is CCCCOC(=O)NCCC([NH])=O. The molecule has 1 radical (unpaired) electrons. The Labute approximate surface area is 77.6 Å². The van der Waals surface area contributed by atoms with Crippen LogP contribution < -0.4 is 11.1 Å². The van der Waals surface area contributed by atoms with E-state index < -0.39 is 12.0 Å². The molecule has 0 heterocycles. The molecule has 0 fully saturated rings. The van der Waals surface area contributed by atoms with Crippen molar-refractivity contribution in [3.8, 4) is 0 Å². The highest BCUT2D eigenvalue weighted by Crippen LogP contribution is 1.88. The number of rotatable bonds is 6. The molecule has 0 aliphatic heterocycles. The molecule has 0 bridgehead atoms. The van der Waals surface area contributed by atoms with Crippen LogP contribution in [0.3, 0.4) is 0 Å². The standard InChI is InChI=1S/C8H15N2O3/c1-2-3-6-13-8(12)10-5-4-7(9)11/h9H,2-6H2,1H3,(H,10,12). The van der Waals surface area contributed by atoms with Gasteiger partial charge >= 0.3 is 6.09 Å². The fourth-order valence-corrected chi connectivity index (χ4v) is 0.638. The molecule has 0 aliphatic rings. The molecule has 0 atom stereocenters. The summed E-state index contributed by atoms with van der Waals surface area (Å²) in [5, 5.41) is 2.37. The minimum Gasteiger partial charge on any atom is -0.450 e. The van der Waals surface area contributed by atoms with Gasteiger partial charge in [-0.15, -0.1) is 0 Å². The van der Waals surface area contributed by atoms with Gasteiger partial charge in [-0.05, 0) is 6.42 Å². The zero-order valence-corrected chi connectivity index (χ0v) is 7.76. The molecule has 2 N–H and O–H groups in total. The van der Waals surface area contributed by atoms with E-state index in [4.69, 9.17) is 10.5 Å². The maximum atomic E-state index is 10.8. The number of carbonyl (C=O) groups excluding carboxylic acids is 2. The molecule has 5 heteroatoms. The third kappa shape index (κ3) is 8.65. The van der Waals surface area contributed by atoms with Crippen molar-refractivity contribution in [2.24, 2.45) is 0 Å². The molecular formula is C8H15N2O3. The van der Waals surface area contributed by atoms with Crippen LogP contribution in [0, 0.1) is 0 Å². The molecule has 2 amide bonds. The summed E-state index contributed by atoms with van der Waals surface area (Å²) in [6, 6.07) is 0. The summed E-state index contributed by atoms with van der Waals surface area (Å²) in [6.07, 6.45) is 1.32. The van der Waals surface area contributed by atoms with E-state index in [1.165, 1.54) is 0 Å². The van der Waals surface area contributed by atoms with E-state index in [1.807, 2.05) is 6.92 Å². The van der Waals surface area contributed by atoms with E-state index in [1.54, 1.807) is 0 Å². The van der Waals surface area contributed by atoms with Gasteiger partial charge in [-0.3, -0.25) is 10.5 Å². The Hall–Kier alpha value is -1.26. The minimum absolute atomic E-state index is 0.0306. The Morgan fingerprint density at radius 1 is 1.46 bits per heavy atom. The fraction of sp³-hybridized carbons (Fsp3) is 0.750. The molecule has 5 nitrogen and oxygen atoms in total. The van der Waals surface area contributed by atoms with Gasteiger partial charge in [-0.25, -0.2) is 4.79 Å². The summed E-state index contributed by atoms with van der Waals surface area (Å²) in [4.78, 5) is 21.0. The Bertz CT molecular complexity index is 171. The number of ether oxygens (including phenoxy) is 1. The van der Waals surface area contributed by atoms with Crippen molar-refractivity contribution in [1.82, 2.24) is 11.1 Å². The Kier molecular flexibility index (Phi) is 6.68. The Morgan fingerprint density at radius 2 is 2.15 bits per heavy atom. The molecule has 75 valence electrons. The largest absolute Gasteiger partial charge is 0.450 e. The van der Waals surface area contributed by atoms with Crippen LogP contribution in [-0.4, -0.2) is 25.2 Å². The summed E-state index contributed by atoms with van der Waals surface area (Å²) >= 11 is 0. The predicted octanol–water partition coefficient (Wildman–Crippen LogP) is 0.712. The van der Waals surface area contributed by atoms with Crippen LogP contribution >= 0.6 is 0 Å². The predicted molar refractivity (Wildman–Crippen MR) is 47.0 cm³/mol. The Morgan fingerprint density at radius 3 is 2.69 bits per heavy atom. The van der Waals surface area contributed by atoms with Crippen molar-refractivity contribution in [1.29, 1.82) is 0 Å². The van der Waals surface area contributed by atoms with Crippen LogP contribution in [0.25, 0.3) is 0 Å². The van der Waals surface area contributed by atoms with Crippen LogP contribution in [0.15, 0.2) is 0 Å². The minimum atomic E-state index is -0.686. The summed E-state index contributed by atoms with van der Waals surface area (Å²) in [7, 11) is 0. The monoisotopic (exact) mass is 187 g/mol. The van der Waals surface area contributed by atoms with E-state index >= 15 is 0 Å². The fourth-order valence-electron chi connectivity index (χ4n) is 0.638. The molecular weight excluding hydrogens is 172 g/mol. The van der Waals surface area contributed by atoms with E-state index in [9.17, 15) is 9.59 Å². The number of hydrogen-bond donors (Lipinski definition) is 1. The van der Waals surface area contributed by atoms with Gasteiger partial charge in [0.05, 0.1) is 6.61 Å². The van der Waals surface area contributed by atoms with Gasteiger partial charge in [0, 0.05) is 13.0 Å². The number of alkyl carbamates (subject to hydrolysis) is 1. The maximum absolute atomic E-state index is 10.8. The average Bonchev–Trinajstić information content (AvgIpc) is 2.04. The summed E-state index contributed by atoms with van der Waals surface area (Å²) in [5.41, 5.74) is 6.56. The number of unbranched alkanes of at least 4 members (excludes halogenated alkanes) is 1. The lowest BCUT2D eigenvalue weighted by Gasteiger charge is -2.04. The number of amides is 2. The molecule has 0 aromatic carbocycles. The summed E-state index contributed by atoms with van der Waals surface area (Å²) in [5.74, 6) is -0.686. The molecule has 13 heavy (non-hydrogen) atoms. The van der Waals surface area contributed by atoms with E-state index in [0.29, 0.717) is 6.61 Å². The molecule has 0 rings (SSSR count). The quantitative estimate of drug-likeness (QED) is 0.622. The lowest BCUT2D eigenvalue weighted by Crippen LogP contribution is -2.27. The van der Waals surface area contributed by atoms with Crippen LogP contribution in [0.5, 0.6) is 0 Å². The van der Waals surface area contributed by atoms with Gasteiger partial charge < -0.3 is 10.1 Å². The lowest BCUT2D eigenvalue weighted by atomic mass is 10.4. The zero-order chi connectivity index (χ0) is 10.1. The van der Waals surface area contributed by atoms with E-state index in [0.717, 1.165) is 12.8 Å². The van der Waals surface area contributed by atoms with Crippen LogP contribution in [0.1, 0.15) is 26.2 Å². The number of nitrogens with one attached hydrogen (secondary N) is 2. The summed E-state index contributed by atoms with van der Waals surface area (Å²) in [6.45, 7) is 2.57. The highest BCUT2D eigenvalue weighted by atomic mass is 16.5. The van der Waals surface area contributed by atoms with Crippen molar-refractivity contribution < 1.29 is 14.3 Å². The van der Waals surface area contributed by atoms with Gasteiger partial charge in [0.15, 0.2) is 0 Å². The number of hydrogen-bond acceptors (Lipinski definition) is 3. The first-order valence-electron chi connectivity index (χ1n) is 4.32. The highest BCUT2D eigenvalue weighted by Gasteiger charge is 2.01. The van der Waals surface area contributed by atoms with Crippen LogP contribution in [0.4, 0.5) is 4.79 Å². The van der Waals surface area contributed by atoms with Crippen molar-refractivity contribution in [2.75, 3.05) is 13.2 Å². The van der Waals surface area contributed by atoms with Gasteiger partial charge in [-0.1, -0.05) is 13.3 Å². The van der Waals surface area contributed by atoms with Gasteiger partial charge in [0.25, 0.3) is 0 Å². The summed E-state index contributed by atoms with van der Waals surface area (Å²) < 4.78 is 4.74. The molecule has 0 unspecified atom stereocenters. The van der Waals surface area contributed by atoms with Crippen molar-refractivity contribution in [2.45, 2.75) is 26.2 Å². The van der Waals surface area contributed by atoms with Crippen LogP contribution in [0.2, 0.25) is 0 Å². The molecule has 0 spiro atoms. The molecule has 0 saturated heterocycles. The second kappa shape index (κ2) is 7.39. The molecule has 0 saturated carbocycles. The third-order valence-corrected chi connectivity index (χ3v) is 1.35. The highest BCUT2D eigenvalue weighted by molar-refractivity contribution is 5.74. The van der Waals surface area contributed by atoms with Crippen LogP contribution in [-0.2, 0) is 9.53 Å². The van der Waals surface area contributed by atoms with Gasteiger partial charge in [0.2, 0.25) is 5.91 Å². The normalized spacial score (nSPS) is 9.31. The molecule has 0 aromatic rings. The average molecular weight is 187 g/mol. The lowest BCUT2D eigenvalue weighted by molar-refractivity contribution is -0.118. The molecule has 0 aromatic heterocycles. The number of carbonyl (C=O) groups is 2. The van der Waals surface area contributed by atoms with E-state index in [-0.39, 0.29) is 13.0 Å². The first kappa shape index (κ1) is 11.7. The first-order valence-corrected chi connectivity index (χ1v) is 4.32. The first-order chi connectivity index (χ1) is 6.16. The van der Waals surface area contributed by atoms with E-state index in [2.05, 4.69) is 5.32 Å². The topological polar surface area (TPSA) is 79.2 Å². The van der Waals surface area contributed by atoms with Gasteiger partial charge in [-0.2, -0.15) is 0 Å². The van der Waals surface area contributed by atoms with Crippen molar-refractivity contribution >= 4 is 12.0 Å². The zero-order valence-electron chi connectivity index (χ0n) is 7.76. The Balaban J connectivity index is 3.25. The van der Waals surface area contributed by atoms with Crippen molar-refractivity contribution in [3.63, 3.8) is 0 Å². The molecule has 0 aliphatic carbocycles. The second-order valence-corrected chi connectivity index (χ2v) is 2.59. The van der Waals surface area contributed by atoms with Gasteiger partial charge in [0.1, 0.15) is 0 Å². The maximum Gasteiger partial charge on any atom is 0.407 e. The smallest absolute Gasteiger partial charge is 0.407 e. The third-order valence-electron chi connectivity index (χ3n) is 1.35. The van der Waals surface area contributed by atoms with Crippen molar-refractivity contribution in [3.05, 3.63) is 0 Å². The second-order valence-electron chi connectivity index (χ2n) is 2.59.